The van der Waals surface area contributed by atoms with Crippen LogP contribution in [0.25, 0.3) is 0 Å². The molecule has 26 heavy (non-hydrogen) atoms. The molecule has 6 heteroatoms. The molecule has 146 valence electrons. The zero-order valence-corrected chi connectivity index (χ0v) is 17.9. The van der Waals surface area contributed by atoms with Gasteiger partial charge in [0.05, 0.1) is 6.54 Å². The van der Waals surface area contributed by atoms with Crippen molar-refractivity contribution >= 4 is 21.2 Å². The zero-order valence-electron chi connectivity index (χ0n) is 16.8. The maximum absolute atomic E-state index is 5.80. The molecule has 0 amide bonds. The lowest BCUT2D eigenvalue weighted by atomic mass is 9.73. The number of rotatable bonds is 9. The Labute approximate surface area is 161 Å². The monoisotopic (exact) mass is 377 g/mol. The normalized spacial score (nSPS) is 12.9. The Morgan fingerprint density at radius 2 is 1.27 bits per heavy atom. The van der Waals surface area contributed by atoms with Crippen molar-refractivity contribution < 1.29 is 0 Å². The predicted octanol–water partition coefficient (Wildman–Crippen LogP) is 3.27. The van der Waals surface area contributed by atoms with Gasteiger partial charge in [0.15, 0.2) is 5.96 Å². The highest BCUT2D eigenvalue weighted by atomic mass is 31.0. The van der Waals surface area contributed by atoms with Gasteiger partial charge in [0.2, 0.25) is 5.96 Å². The molecule has 6 N–H and O–H groups in total. The van der Waals surface area contributed by atoms with Crippen molar-refractivity contribution in [1.82, 2.24) is 0 Å². The molecule has 1 aromatic rings. The fourth-order valence-corrected chi connectivity index (χ4v) is 4.43. The first-order chi connectivity index (χ1) is 12.3. The van der Waals surface area contributed by atoms with Gasteiger partial charge in [-0.3, -0.25) is 4.99 Å². The second-order valence-electron chi connectivity index (χ2n) is 6.97. The van der Waals surface area contributed by atoms with Crippen LogP contribution in [0.4, 0.5) is 0 Å². The highest BCUT2D eigenvalue weighted by Crippen LogP contribution is 2.37. The maximum atomic E-state index is 5.80. The van der Waals surface area contributed by atoms with E-state index in [2.05, 4.69) is 71.2 Å². The van der Waals surface area contributed by atoms with Crippen molar-refractivity contribution in [2.24, 2.45) is 27.2 Å². The first-order valence-electron chi connectivity index (χ1n) is 9.53. The largest absolute Gasteiger partial charge is 0.370 e. The number of hydrogen-bond donors (Lipinski definition) is 3. The van der Waals surface area contributed by atoms with E-state index in [9.17, 15) is 0 Å². The minimum atomic E-state index is -0.0675. The average Bonchev–Trinajstić information content (AvgIpc) is 2.65. The predicted molar refractivity (Wildman–Crippen MR) is 118 cm³/mol. The number of guanidine groups is 2. The standard InChI is InChI=1S/C20H36N5P/c1-5-19(6-2,13-24-18(23)25-17(21)22)15-9-11-16(12-10-15)20(7-3,8-4)14-26/h9-12H,5-8,13-14,26H2,1-4H3,(H6,21,22,23,24,25). The molecule has 0 heterocycles. The molecule has 0 saturated carbocycles. The van der Waals surface area contributed by atoms with Gasteiger partial charge in [0, 0.05) is 5.41 Å². The Morgan fingerprint density at radius 3 is 1.62 bits per heavy atom. The van der Waals surface area contributed by atoms with E-state index in [-0.39, 0.29) is 22.7 Å². The van der Waals surface area contributed by atoms with Gasteiger partial charge in [-0.15, -0.1) is 9.24 Å². The van der Waals surface area contributed by atoms with E-state index >= 15 is 0 Å². The topological polar surface area (TPSA) is 103 Å². The van der Waals surface area contributed by atoms with Crippen LogP contribution in [0.3, 0.4) is 0 Å². The van der Waals surface area contributed by atoms with Crippen molar-refractivity contribution in [3.8, 4) is 0 Å². The lowest BCUT2D eigenvalue weighted by molar-refractivity contribution is 0.406. The highest BCUT2D eigenvalue weighted by molar-refractivity contribution is 7.16. The smallest absolute Gasteiger partial charge is 0.218 e. The highest BCUT2D eigenvalue weighted by Gasteiger charge is 2.30. The Hall–Kier alpha value is -1.61. The summed E-state index contributed by atoms with van der Waals surface area (Å²) in [5.74, 6) is 0.0639. The van der Waals surface area contributed by atoms with Crippen LogP contribution >= 0.6 is 9.24 Å². The molecule has 0 aromatic heterocycles. The van der Waals surface area contributed by atoms with E-state index in [1.165, 1.54) is 11.1 Å². The molecule has 0 saturated heterocycles. The van der Waals surface area contributed by atoms with Crippen LogP contribution in [0.1, 0.15) is 64.5 Å². The van der Waals surface area contributed by atoms with Gasteiger partial charge in [-0.2, -0.15) is 4.99 Å². The van der Waals surface area contributed by atoms with Crippen LogP contribution in [0.5, 0.6) is 0 Å². The van der Waals surface area contributed by atoms with Crippen molar-refractivity contribution in [2.75, 3.05) is 12.7 Å². The molecule has 0 bridgehead atoms. The Bertz CT molecular complexity index is 601. The number of nitrogens with two attached hydrogens (primary N) is 3. The van der Waals surface area contributed by atoms with Crippen LogP contribution in [0, 0.1) is 0 Å². The van der Waals surface area contributed by atoms with E-state index in [4.69, 9.17) is 17.2 Å². The molecule has 0 aliphatic carbocycles. The van der Waals surface area contributed by atoms with E-state index in [1.54, 1.807) is 0 Å². The molecule has 0 aliphatic heterocycles. The molecule has 1 atom stereocenters. The second kappa shape index (κ2) is 9.91. The van der Waals surface area contributed by atoms with Gasteiger partial charge < -0.3 is 17.2 Å². The zero-order chi connectivity index (χ0) is 19.8. The summed E-state index contributed by atoms with van der Waals surface area (Å²) in [7, 11) is 2.92. The van der Waals surface area contributed by atoms with Gasteiger partial charge in [-0.05, 0) is 48.4 Å². The van der Waals surface area contributed by atoms with Gasteiger partial charge >= 0.3 is 0 Å². The van der Waals surface area contributed by atoms with Gasteiger partial charge in [0.1, 0.15) is 0 Å². The Kier molecular flexibility index (Phi) is 8.55. The van der Waals surface area contributed by atoms with Crippen LogP contribution < -0.4 is 17.2 Å². The third-order valence-corrected chi connectivity index (χ3v) is 6.78. The minimum Gasteiger partial charge on any atom is -0.370 e. The number of hydrogen-bond acceptors (Lipinski definition) is 1. The molecule has 0 fully saturated rings. The summed E-state index contributed by atoms with van der Waals surface area (Å²) in [4.78, 5) is 8.24. The van der Waals surface area contributed by atoms with Crippen LogP contribution in [0.2, 0.25) is 0 Å². The summed E-state index contributed by atoms with van der Waals surface area (Å²) < 4.78 is 0. The summed E-state index contributed by atoms with van der Waals surface area (Å²) in [5.41, 5.74) is 19.4. The van der Waals surface area contributed by atoms with Gasteiger partial charge in [0.25, 0.3) is 0 Å². The van der Waals surface area contributed by atoms with Crippen LogP contribution in [-0.4, -0.2) is 24.6 Å². The van der Waals surface area contributed by atoms with Crippen molar-refractivity contribution in [2.45, 2.75) is 64.2 Å². The summed E-state index contributed by atoms with van der Waals surface area (Å²) in [6.45, 7) is 9.48. The lowest BCUT2D eigenvalue weighted by Gasteiger charge is -2.34. The summed E-state index contributed by atoms with van der Waals surface area (Å²) in [6.07, 6.45) is 5.29. The Balaban J connectivity index is 3.20. The lowest BCUT2D eigenvalue weighted by Crippen LogP contribution is -2.31. The van der Waals surface area contributed by atoms with Gasteiger partial charge in [-0.1, -0.05) is 52.0 Å². The molecular weight excluding hydrogens is 341 g/mol. The van der Waals surface area contributed by atoms with E-state index in [0.717, 1.165) is 31.8 Å². The number of benzene rings is 1. The molecule has 1 aromatic carbocycles. The summed E-state index contributed by atoms with van der Waals surface area (Å²) in [5, 5.41) is 0. The van der Waals surface area contributed by atoms with Crippen molar-refractivity contribution in [3.63, 3.8) is 0 Å². The Morgan fingerprint density at radius 1 is 0.846 bits per heavy atom. The minimum absolute atomic E-state index is 0.0654. The first kappa shape index (κ1) is 22.4. The SMILES string of the molecule is CCC(CC)(CP)c1ccc(C(CC)(CC)CN=C(N)N=C(N)N)cc1. The molecule has 0 spiro atoms. The molecule has 1 rings (SSSR count). The fraction of sp³-hybridized carbons (Fsp3) is 0.600. The third-order valence-electron chi connectivity index (χ3n) is 5.99. The van der Waals surface area contributed by atoms with E-state index < -0.39 is 0 Å². The van der Waals surface area contributed by atoms with Crippen LogP contribution in [0.15, 0.2) is 34.3 Å². The van der Waals surface area contributed by atoms with Crippen LogP contribution in [-0.2, 0) is 10.8 Å². The molecular formula is C20H36N5P. The second-order valence-corrected chi connectivity index (χ2v) is 7.38. The third kappa shape index (κ3) is 4.97. The molecule has 1 unspecified atom stereocenters. The number of nitrogens with zero attached hydrogens (tertiary/aromatic N) is 2. The summed E-state index contributed by atoms with van der Waals surface area (Å²) in [6, 6.07) is 9.09. The average molecular weight is 378 g/mol. The maximum Gasteiger partial charge on any atom is 0.218 e. The van der Waals surface area contributed by atoms with Gasteiger partial charge in [-0.25, -0.2) is 0 Å². The van der Waals surface area contributed by atoms with E-state index in [0.29, 0.717) is 6.54 Å². The summed E-state index contributed by atoms with van der Waals surface area (Å²) >= 11 is 0. The fourth-order valence-electron chi connectivity index (χ4n) is 3.62. The molecule has 0 radical (unpaired) electrons. The van der Waals surface area contributed by atoms with E-state index in [1.807, 2.05) is 0 Å². The first-order valence-corrected chi connectivity index (χ1v) is 10.3. The molecule has 0 aliphatic rings. The van der Waals surface area contributed by atoms with Crippen molar-refractivity contribution in [1.29, 1.82) is 0 Å². The van der Waals surface area contributed by atoms with Crippen molar-refractivity contribution in [3.05, 3.63) is 35.4 Å². The number of aliphatic imine (C=N–C) groups is 2. The quantitative estimate of drug-likeness (QED) is 0.349. The molecule has 5 nitrogen and oxygen atoms in total.